The summed E-state index contributed by atoms with van der Waals surface area (Å²) in [5, 5.41) is 4.53. The molecule has 1 N–H and O–H groups in total. The molecule has 0 spiro atoms. The summed E-state index contributed by atoms with van der Waals surface area (Å²) in [6.07, 6.45) is 1.80. The zero-order valence-corrected chi connectivity index (χ0v) is 12.7. The summed E-state index contributed by atoms with van der Waals surface area (Å²) in [5.74, 6) is 0. The molecule has 0 aliphatic rings. The van der Waals surface area contributed by atoms with E-state index in [4.69, 9.17) is 0 Å². The lowest BCUT2D eigenvalue weighted by atomic mass is 10.1. The summed E-state index contributed by atoms with van der Waals surface area (Å²) in [6, 6.07) is 9.90. The Morgan fingerprint density at radius 2 is 1.85 bits per heavy atom. The number of benzene rings is 1. The first-order valence-corrected chi connectivity index (χ1v) is 8.33. The highest BCUT2D eigenvalue weighted by Gasteiger charge is 2.12. The summed E-state index contributed by atoms with van der Waals surface area (Å²) in [7, 11) is -3.14. The zero-order valence-electron chi connectivity index (χ0n) is 11.9. The average Bonchev–Trinajstić information content (AvgIpc) is 2.66. The van der Waals surface area contributed by atoms with Gasteiger partial charge in [-0.2, -0.15) is 5.10 Å². The van der Waals surface area contributed by atoms with Crippen molar-refractivity contribution in [3.05, 3.63) is 47.3 Å². The smallest absolute Gasteiger partial charge is 0.208 e. The number of aryl methyl sites for hydroxylation is 1. The van der Waals surface area contributed by atoms with E-state index in [1.54, 1.807) is 0 Å². The maximum Gasteiger partial charge on any atom is 0.208 e. The van der Waals surface area contributed by atoms with Gasteiger partial charge in [-0.25, -0.2) is 17.8 Å². The third-order valence-electron chi connectivity index (χ3n) is 3.18. The molecule has 0 unspecified atom stereocenters. The predicted molar refractivity (Wildman–Crippen MR) is 79.6 cm³/mol. The van der Waals surface area contributed by atoms with Gasteiger partial charge in [0, 0.05) is 12.2 Å². The molecule has 0 atom stereocenters. The van der Waals surface area contributed by atoms with Gasteiger partial charge in [0.1, 0.15) is 0 Å². The molecule has 0 bridgehead atoms. The lowest BCUT2D eigenvalue weighted by Gasteiger charge is -2.05. The van der Waals surface area contributed by atoms with Crippen molar-refractivity contribution in [1.82, 2.24) is 14.5 Å². The minimum Gasteiger partial charge on any atom is -0.238 e. The van der Waals surface area contributed by atoms with E-state index >= 15 is 0 Å². The van der Waals surface area contributed by atoms with Crippen molar-refractivity contribution in [3.63, 3.8) is 0 Å². The summed E-state index contributed by atoms with van der Waals surface area (Å²) >= 11 is 0. The third-order valence-corrected chi connectivity index (χ3v) is 3.91. The lowest BCUT2D eigenvalue weighted by molar-refractivity contribution is 0.587. The number of para-hydroxylation sites is 1. The Morgan fingerprint density at radius 1 is 1.20 bits per heavy atom. The van der Waals surface area contributed by atoms with E-state index < -0.39 is 10.0 Å². The van der Waals surface area contributed by atoms with Crippen molar-refractivity contribution < 1.29 is 8.42 Å². The molecule has 0 fully saturated rings. The van der Waals surface area contributed by atoms with Crippen molar-refractivity contribution in [2.24, 2.45) is 0 Å². The molecular formula is C14H19N3O2S. The van der Waals surface area contributed by atoms with Crippen LogP contribution in [0.5, 0.6) is 0 Å². The molecule has 0 aliphatic carbocycles. The van der Waals surface area contributed by atoms with Crippen LogP contribution in [-0.4, -0.2) is 31.0 Å². The fourth-order valence-electron chi connectivity index (χ4n) is 2.22. The number of aromatic nitrogens is 2. The highest BCUT2D eigenvalue weighted by Crippen LogP contribution is 2.17. The molecule has 6 heteroatoms. The molecule has 0 radical (unpaired) electrons. The van der Waals surface area contributed by atoms with Crippen LogP contribution in [0.2, 0.25) is 0 Å². The number of hydrogen-bond donors (Lipinski definition) is 1. The molecule has 1 aromatic carbocycles. The summed E-state index contributed by atoms with van der Waals surface area (Å²) in [6.45, 7) is 4.34. The van der Waals surface area contributed by atoms with Crippen LogP contribution in [0.3, 0.4) is 0 Å². The van der Waals surface area contributed by atoms with Crippen molar-refractivity contribution in [2.45, 2.75) is 20.3 Å². The van der Waals surface area contributed by atoms with Crippen LogP contribution in [-0.2, 0) is 16.4 Å². The molecule has 0 saturated carbocycles. The van der Waals surface area contributed by atoms with E-state index in [1.165, 1.54) is 6.26 Å². The van der Waals surface area contributed by atoms with Crippen LogP contribution in [0.25, 0.3) is 5.69 Å². The topological polar surface area (TPSA) is 64.0 Å². The van der Waals surface area contributed by atoms with Crippen LogP contribution in [0.15, 0.2) is 30.3 Å². The highest BCUT2D eigenvalue weighted by atomic mass is 32.2. The van der Waals surface area contributed by atoms with E-state index in [0.717, 1.165) is 22.6 Å². The van der Waals surface area contributed by atoms with Crippen LogP contribution < -0.4 is 4.72 Å². The van der Waals surface area contributed by atoms with Crippen molar-refractivity contribution >= 4 is 10.0 Å². The molecule has 5 nitrogen and oxygen atoms in total. The molecule has 20 heavy (non-hydrogen) atoms. The first kappa shape index (κ1) is 14.7. The molecule has 2 rings (SSSR count). The molecular weight excluding hydrogens is 274 g/mol. The Bertz CT molecular complexity index is 691. The van der Waals surface area contributed by atoms with Crippen molar-refractivity contribution in [2.75, 3.05) is 12.8 Å². The Morgan fingerprint density at radius 3 is 2.45 bits per heavy atom. The van der Waals surface area contributed by atoms with Crippen molar-refractivity contribution in [1.29, 1.82) is 0 Å². The summed E-state index contributed by atoms with van der Waals surface area (Å²) in [5.41, 5.74) is 4.08. The second-order valence-corrected chi connectivity index (χ2v) is 6.65. The maximum atomic E-state index is 11.1. The molecule has 0 saturated heterocycles. The molecule has 1 heterocycles. The fourth-order valence-corrected chi connectivity index (χ4v) is 2.69. The summed E-state index contributed by atoms with van der Waals surface area (Å²) < 4.78 is 26.6. The quantitative estimate of drug-likeness (QED) is 0.910. The first-order valence-electron chi connectivity index (χ1n) is 6.43. The minimum atomic E-state index is -3.14. The van der Waals surface area contributed by atoms with Gasteiger partial charge in [-0.15, -0.1) is 0 Å². The number of hydrogen-bond acceptors (Lipinski definition) is 3. The van der Waals surface area contributed by atoms with E-state index in [-0.39, 0.29) is 0 Å². The molecule has 0 aliphatic heterocycles. The molecule has 1 aromatic heterocycles. The van der Waals surface area contributed by atoms with Gasteiger partial charge in [0.05, 0.1) is 17.6 Å². The molecule has 108 valence electrons. The van der Waals surface area contributed by atoms with Crippen LogP contribution in [0, 0.1) is 13.8 Å². The second-order valence-electron chi connectivity index (χ2n) is 4.81. The Hall–Kier alpha value is -1.66. The zero-order chi connectivity index (χ0) is 14.8. The van der Waals surface area contributed by atoms with Crippen molar-refractivity contribution in [3.8, 4) is 5.69 Å². The largest absolute Gasteiger partial charge is 0.238 e. The van der Waals surface area contributed by atoms with Gasteiger partial charge in [0.25, 0.3) is 0 Å². The normalized spacial score (nSPS) is 11.8. The van der Waals surface area contributed by atoms with Gasteiger partial charge < -0.3 is 0 Å². The SMILES string of the molecule is Cc1nn(-c2ccccc2)c(C)c1CCNS(C)(=O)=O. The second kappa shape index (κ2) is 5.76. The van der Waals surface area contributed by atoms with Gasteiger partial charge in [-0.3, -0.25) is 0 Å². The number of rotatable bonds is 5. The van der Waals surface area contributed by atoms with E-state index in [9.17, 15) is 8.42 Å². The van der Waals surface area contributed by atoms with E-state index in [2.05, 4.69) is 9.82 Å². The predicted octanol–water partition coefficient (Wildman–Crippen LogP) is 1.58. The van der Waals surface area contributed by atoms with Gasteiger partial charge >= 0.3 is 0 Å². The first-order chi connectivity index (χ1) is 9.38. The minimum absolute atomic E-state index is 0.390. The molecule has 0 amide bonds. The number of nitrogens with one attached hydrogen (secondary N) is 1. The highest BCUT2D eigenvalue weighted by molar-refractivity contribution is 7.88. The van der Waals surface area contributed by atoms with Crippen LogP contribution in [0.4, 0.5) is 0 Å². The summed E-state index contributed by atoms with van der Waals surface area (Å²) in [4.78, 5) is 0. The van der Waals surface area contributed by atoms with Crippen LogP contribution in [0.1, 0.15) is 17.0 Å². The Labute approximate surface area is 119 Å². The average molecular weight is 293 g/mol. The Balaban J connectivity index is 2.22. The van der Waals surface area contributed by atoms with Gasteiger partial charge in [-0.05, 0) is 38.0 Å². The monoisotopic (exact) mass is 293 g/mol. The van der Waals surface area contributed by atoms with E-state index in [0.29, 0.717) is 13.0 Å². The number of sulfonamides is 1. The Kier molecular flexibility index (Phi) is 4.25. The lowest BCUT2D eigenvalue weighted by Crippen LogP contribution is -2.24. The maximum absolute atomic E-state index is 11.1. The van der Waals surface area contributed by atoms with Crippen LogP contribution >= 0.6 is 0 Å². The fraction of sp³-hybridized carbons (Fsp3) is 0.357. The number of nitrogens with zero attached hydrogens (tertiary/aromatic N) is 2. The van der Waals surface area contributed by atoms with Gasteiger partial charge in [-0.1, -0.05) is 18.2 Å². The van der Waals surface area contributed by atoms with Gasteiger partial charge in [0.2, 0.25) is 10.0 Å². The molecule has 2 aromatic rings. The van der Waals surface area contributed by atoms with E-state index in [1.807, 2.05) is 48.9 Å². The standard InChI is InChI=1S/C14H19N3O2S/c1-11-14(9-10-15-20(3,18)19)12(2)17(16-11)13-7-5-4-6-8-13/h4-8,15H,9-10H2,1-3H3. The third kappa shape index (κ3) is 3.46. The van der Waals surface area contributed by atoms with Gasteiger partial charge in [0.15, 0.2) is 0 Å².